The second kappa shape index (κ2) is 5.69. The van der Waals surface area contributed by atoms with Crippen LogP contribution in [-0.2, 0) is 4.74 Å². The van der Waals surface area contributed by atoms with E-state index in [9.17, 15) is 13.6 Å². The maximum absolute atomic E-state index is 13.7. The summed E-state index contributed by atoms with van der Waals surface area (Å²) in [7, 11) is 1.29. The summed E-state index contributed by atoms with van der Waals surface area (Å²) in [5.74, 6) is -1.56. The minimum atomic E-state index is -1.85. The first-order chi connectivity index (χ1) is 7.99. The molecule has 96 valence electrons. The standard InChI is InChI=1S/C9H13F2N3O3/c1-17-5(4-15)2-7(11)14-3-6(10)8(12)13-9(14)16/h3,5,7,15H,2,4H2,1H3,(H2,12,13,16). The van der Waals surface area contributed by atoms with E-state index in [1.54, 1.807) is 0 Å². The normalized spacial score (nSPS) is 14.6. The van der Waals surface area contributed by atoms with Gasteiger partial charge in [0.2, 0.25) is 0 Å². The Kier molecular flexibility index (Phi) is 4.53. The van der Waals surface area contributed by atoms with Gasteiger partial charge in [0.1, 0.15) is 0 Å². The van der Waals surface area contributed by atoms with Crippen molar-refractivity contribution in [1.29, 1.82) is 0 Å². The predicted octanol–water partition coefficient (Wildman–Crippen LogP) is -0.170. The van der Waals surface area contributed by atoms with Crippen molar-refractivity contribution in [1.82, 2.24) is 9.55 Å². The van der Waals surface area contributed by atoms with Crippen molar-refractivity contribution in [3.8, 4) is 0 Å². The van der Waals surface area contributed by atoms with E-state index in [0.717, 1.165) is 0 Å². The van der Waals surface area contributed by atoms with E-state index < -0.39 is 36.3 Å². The monoisotopic (exact) mass is 249 g/mol. The number of hydrogen-bond donors (Lipinski definition) is 2. The van der Waals surface area contributed by atoms with Crippen LogP contribution in [0.3, 0.4) is 0 Å². The smallest absolute Gasteiger partial charge is 0.352 e. The number of alkyl halides is 1. The molecule has 0 aliphatic carbocycles. The molecular formula is C9H13F2N3O3. The van der Waals surface area contributed by atoms with Gasteiger partial charge in [-0.15, -0.1) is 0 Å². The Morgan fingerprint density at radius 2 is 2.35 bits per heavy atom. The number of ether oxygens (including phenoxy) is 1. The van der Waals surface area contributed by atoms with Crippen molar-refractivity contribution < 1.29 is 18.6 Å². The van der Waals surface area contributed by atoms with Gasteiger partial charge in [-0.05, 0) is 0 Å². The SMILES string of the molecule is COC(CO)CC(F)n1cc(F)c(N)nc1=O. The van der Waals surface area contributed by atoms with Crippen LogP contribution in [0, 0.1) is 5.82 Å². The Balaban J connectivity index is 2.92. The van der Waals surface area contributed by atoms with Crippen LogP contribution in [0.25, 0.3) is 0 Å². The van der Waals surface area contributed by atoms with Gasteiger partial charge >= 0.3 is 5.69 Å². The number of methoxy groups -OCH3 is 1. The first-order valence-electron chi connectivity index (χ1n) is 4.81. The zero-order chi connectivity index (χ0) is 13.0. The number of aliphatic hydroxyl groups excluding tert-OH is 1. The highest BCUT2D eigenvalue weighted by atomic mass is 19.1. The maximum Gasteiger partial charge on any atom is 0.352 e. The van der Waals surface area contributed by atoms with Crippen molar-refractivity contribution in [3.63, 3.8) is 0 Å². The summed E-state index contributed by atoms with van der Waals surface area (Å²) >= 11 is 0. The molecule has 1 aromatic heterocycles. The highest BCUT2D eigenvalue weighted by Crippen LogP contribution is 2.16. The van der Waals surface area contributed by atoms with E-state index >= 15 is 0 Å². The van der Waals surface area contributed by atoms with Gasteiger partial charge in [0.25, 0.3) is 0 Å². The number of rotatable bonds is 5. The number of nitrogens with two attached hydrogens (primary N) is 1. The van der Waals surface area contributed by atoms with Crippen molar-refractivity contribution >= 4 is 5.82 Å². The van der Waals surface area contributed by atoms with Crippen LogP contribution >= 0.6 is 0 Å². The number of halogens is 2. The molecule has 0 fully saturated rings. The molecule has 0 radical (unpaired) electrons. The molecule has 0 aliphatic heterocycles. The molecule has 0 spiro atoms. The van der Waals surface area contributed by atoms with Gasteiger partial charge in [-0.1, -0.05) is 0 Å². The summed E-state index contributed by atoms with van der Waals surface area (Å²) < 4.78 is 31.9. The largest absolute Gasteiger partial charge is 0.394 e. The van der Waals surface area contributed by atoms with E-state index in [-0.39, 0.29) is 6.42 Å². The molecule has 0 saturated heterocycles. The molecule has 0 aliphatic rings. The van der Waals surface area contributed by atoms with Crippen molar-refractivity contribution in [3.05, 3.63) is 22.5 Å². The fourth-order valence-corrected chi connectivity index (χ4v) is 1.23. The van der Waals surface area contributed by atoms with Gasteiger partial charge in [0.05, 0.1) is 18.9 Å². The average Bonchev–Trinajstić information content (AvgIpc) is 2.30. The van der Waals surface area contributed by atoms with Gasteiger partial charge in [0, 0.05) is 13.5 Å². The molecule has 0 aromatic carbocycles. The van der Waals surface area contributed by atoms with Crippen LogP contribution in [-0.4, -0.2) is 34.5 Å². The molecule has 0 amide bonds. The second-order valence-electron chi connectivity index (χ2n) is 3.37. The maximum atomic E-state index is 13.7. The Bertz CT molecular complexity index is 434. The lowest BCUT2D eigenvalue weighted by Crippen LogP contribution is -2.29. The molecule has 1 heterocycles. The number of anilines is 1. The molecule has 8 heteroatoms. The van der Waals surface area contributed by atoms with Crippen molar-refractivity contribution in [2.45, 2.75) is 18.8 Å². The van der Waals surface area contributed by atoms with Gasteiger partial charge in [-0.2, -0.15) is 4.98 Å². The fourth-order valence-electron chi connectivity index (χ4n) is 1.23. The summed E-state index contributed by atoms with van der Waals surface area (Å²) in [5, 5.41) is 8.80. The van der Waals surface area contributed by atoms with Crippen LogP contribution in [0.5, 0.6) is 0 Å². The zero-order valence-electron chi connectivity index (χ0n) is 9.14. The molecule has 2 atom stereocenters. The molecule has 0 saturated carbocycles. The van der Waals surface area contributed by atoms with Gasteiger partial charge in [-0.3, -0.25) is 4.57 Å². The number of aliphatic hydroxyl groups is 1. The molecule has 2 unspecified atom stereocenters. The minimum absolute atomic E-state index is 0.294. The predicted molar refractivity (Wildman–Crippen MR) is 55.5 cm³/mol. The number of aromatic nitrogens is 2. The summed E-state index contributed by atoms with van der Waals surface area (Å²) in [6, 6.07) is 0. The summed E-state index contributed by atoms with van der Waals surface area (Å²) in [6.45, 7) is -0.406. The lowest BCUT2D eigenvalue weighted by Gasteiger charge is -2.16. The third-order valence-corrected chi connectivity index (χ3v) is 2.23. The Morgan fingerprint density at radius 3 is 2.88 bits per heavy atom. The molecule has 6 nitrogen and oxygen atoms in total. The van der Waals surface area contributed by atoms with E-state index in [4.69, 9.17) is 15.6 Å². The molecule has 3 N–H and O–H groups in total. The summed E-state index contributed by atoms with van der Waals surface area (Å²) in [6.07, 6.45) is -2.28. The highest BCUT2D eigenvalue weighted by molar-refractivity contribution is 5.26. The lowest BCUT2D eigenvalue weighted by atomic mass is 10.2. The number of nitrogens with zero attached hydrogens (tertiary/aromatic N) is 2. The molecule has 1 aromatic rings. The van der Waals surface area contributed by atoms with Gasteiger partial charge in [-0.25, -0.2) is 13.6 Å². The number of nitrogen functional groups attached to an aromatic ring is 1. The fraction of sp³-hybridized carbons (Fsp3) is 0.556. The Morgan fingerprint density at radius 1 is 1.71 bits per heavy atom. The highest BCUT2D eigenvalue weighted by Gasteiger charge is 2.19. The van der Waals surface area contributed by atoms with Gasteiger partial charge < -0.3 is 15.6 Å². The van der Waals surface area contributed by atoms with E-state index in [2.05, 4.69) is 4.98 Å². The van der Waals surface area contributed by atoms with Crippen LogP contribution in [0.2, 0.25) is 0 Å². The van der Waals surface area contributed by atoms with Crippen LogP contribution < -0.4 is 11.4 Å². The third kappa shape index (κ3) is 3.21. The van der Waals surface area contributed by atoms with Crippen molar-refractivity contribution in [2.75, 3.05) is 19.5 Å². The van der Waals surface area contributed by atoms with Crippen LogP contribution in [0.1, 0.15) is 12.7 Å². The quantitative estimate of drug-likeness (QED) is 0.756. The van der Waals surface area contributed by atoms with Crippen molar-refractivity contribution in [2.24, 2.45) is 0 Å². The van der Waals surface area contributed by atoms with E-state index in [1.165, 1.54) is 7.11 Å². The first-order valence-corrected chi connectivity index (χ1v) is 4.81. The Hall–Kier alpha value is -1.54. The molecular weight excluding hydrogens is 236 g/mol. The van der Waals surface area contributed by atoms with E-state index in [0.29, 0.717) is 10.8 Å². The molecule has 1 rings (SSSR count). The number of hydrogen-bond acceptors (Lipinski definition) is 5. The van der Waals surface area contributed by atoms with E-state index in [1.807, 2.05) is 0 Å². The Labute approximate surface area is 95.6 Å². The minimum Gasteiger partial charge on any atom is -0.394 e. The molecule has 0 bridgehead atoms. The topological polar surface area (TPSA) is 90.4 Å². The third-order valence-electron chi connectivity index (χ3n) is 2.23. The zero-order valence-corrected chi connectivity index (χ0v) is 9.14. The summed E-state index contributed by atoms with van der Waals surface area (Å²) in [4.78, 5) is 14.4. The first kappa shape index (κ1) is 13.5. The lowest BCUT2D eigenvalue weighted by molar-refractivity contribution is 0.0134. The average molecular weight is 249 g/mol. The van der Waals surface area contributed by atoms with Crippen LogP contribution in [0.15, 0.2) is 11.0 Å². The second-order valence-corrected chi connectivity index (χ2v) is 3.37. The molecule has 17 heavy (non-hydrogen) atoms. The van der Waals surface area contributed by atoms with Gasteiger partial charge in [0.15, 0.2) is 17.9 Å². The van der Waals surface area contributed by atoms with Crippen LogP contribution in [0.4, 0.5) is 14.6 Å². The summed E-state index contributed by atoms with van der Waals surface area (Å²) in [5.41, 5.74) is 4.06.